The minimum Gasteiger partial charge on any atom is -0.459 e. The molecule has 10 heteroatoms. The number of carbonyl (C=O) groups is 1. The molecular formula is C30H37N2O6PS. The summed E-state index contributed by atoms with van der Waals surface area (Å²) < 4.78 is 54.5. The van der Waals surface area contributed by atoms with E-state index in [-0.39, 0.29) is 18.1 Å². The molecule has 0 spiro atoms. The van der Waals surface area contributed by atoms with E-state index in [1.54, 1.807) is 20.8 Å². The summed E-state index contributed by atoms with van der Waals surface area (Å²) in [6.07, 6.45) is 0.179. The number of hydrogen-bond donors (Lipinski definition) is 2. The van der Waals surface area contributed by atoms with Gasteiger partial charge in [-0.1, -0.05) is 78.9 Å². The molecule has 0 heterocycles. The number of carbonyl (C=O) groups excluding carboxylic acids is 1. The van der Waals surface area contributed by atoms with Crippen molar-refractivity contribution < 1.29 is 27.0 Å². The molecule has 0 fully saturated rings. The van der Waals surface area contributed by atoms with Crippen LogP contribution < -0.4 is 9.81 Å². The fourth-order valence-electron chi connectivity index (χ4n) is 4.98. The van der Waals surface area contributed by atoms with Gasteiger partial charge in [0.2, 0.25) is 10.0 Å². The van der Waals surface area contributed by atoms with Gasteiger partial charge in [-0.3, -0.25) is 9.36 Å². The van der Waals surface area contributed by atoms with Crippen molar-refractivity contribution in [2.45, 2.75) is 57.5 Å². The molecule has 2 N–H and O–H groups in total. The van der Waals surface area contributed by atoms with Crippen molar-refractivity contribution in [3.8, 4) is 11.1 Å². The van der Waals surface area contributed by atoms with Gasteiger partial charge < -0.3 is 9.26 Å². The Balaban J connectivity index is 1.55. The van der Waals surface area contributed by atoms with Gasteiger partial charge in [0.05, 0.1) is 5.75 Å². The quantitative estimate of drug-likeness (QED) is 0.228. The minimum absolute atomic E-state index is 0.179. The van der Waals surface area contributed by atoms with Crippen molar-refractivity contribution in [2.75, 3.05) is 12.9 Å². The molecule has 214 valence electrons. The molecule has 1 unspecified atom stereocenters. The van der Waals surface area contributed by atoms with Crippen LogP contribution in [0.5, 0.6) is 0 Å². The first kappa shape index (κ1) is 30.2. The second-order valence-electron chi connectivity index (χ2n) is 11.0. The standard InChI is InChI=1S/C30H37N2O6PS/c1-21(32-40(35,36)20-27-25-17-11-9-15-23(25)24-16-10-12-18-26(24)27)39(34,37-5)31-28(29(33)38-30(2,3)4)19-22-13-7-6-8-14-22/h6-18,21,27-28,32H,19-20H2,1-5H3,(H,31,34)/t21-,28+,39?/m1/s1. The summed E-state index contributed by atoms with van der Waals surface area (Å²) in [5, 5.41) is 2.83. The van der Waals surface area contributed by atoms with Crippen molar-refractivity contribution in [2.24, 2.45) is 0 Å². The molecule has 0 aromatic heterocycles. The molecule has 0 amide bonds. The van der Waals surface area contributed by atoms with Crippen LogP contribution in [0.1, 0.15) is 50.3 Å². The second kappa shape index (κ2) is 12.0. The fraction of sp³-hybridized carbons (Fsp3) is 0.367. The third-order valence-electron chi connectivity index (χ3n) is 6.79. The molecule has 8 nitrogen and oxygen atoms in total. The number of fused-ring (bicyclic) bond motifs is 3. The van der Waals surface area contributed by atoms with Crippen LogP contribution in [-0.4, -0.2) is 44.7 Å². The maximum Gasteiger partial charge on any atom is 0.324 e. The molecule has 4 rings (SSSR count). The molecule has 3 atom stereocenters. The molecule has 3 aromatic carbocycles. The highest BCUT2D eigenvalue weighted by Gasteiger charge is 2.40. The lowest BCUT2D eigenvalue weighted by atomic mass is 9.99. The molecule has 0 bridgehead atoms. The Morgan fingerprint density at radius 3 is 1.98 bits per heavy atom. The Bertz CT molecular complexity index is 1460. The summed E-state index contributed by atoms with van der Waals surface area (Å²) in [7, 11) is -6.63. The van der Waals surface area contributed by atoms with Gasteiger partial charge in [-0.25, -0.2) is 18.2 Å². The Kier molecular flexibility index (Phi) is 9.02. The average Bonchev–Trinajstić information content (AvgIpc) is 3.20. The topological polar surface area (TPSA) is 111 Å². The van der Waals surface area contributed by atoms with E-state index in [2.05, 4.69) is 9.81 Å². The number of nitrogens with one attached hydrogen (secondary N) is 2. The van der Waals surface area contributed by atoms with Gasteiger partial charge in [0, 0.05) is 13.0 Å². The van der Waals surface area contributed by atoms with Gasteiger partial charge in [0.15, 0.2) is 0 Å². The summed E-state index contributed by atoms with van der Waals surface area (Å²) in [6.45, 7) is 6.71. The molecule has 40 heavy (non-hydrogen) atoms. The van der Waals surface area contributed by atoms with Gasteiger partial charge in [0.1, 0.15) is 17.4 Å². The van der Waals surface area contributed by atoms with Crippen LogP contribution in [0.2, 0.25) is 0 Å². The van der Waals surface area contributed by atoms with E-state index >= 15 is 0 Å². The predicted octanol–water partition coefficient (Wildman–Crippen LogP) is 5.45. The first-order valence-corrected chi connectivity index (χ1v) is 16.5. The summed E-state index contributed by atoms with van der Waals surface area (Å²) in [4.78, 5) is 13.1. The van der Waals surface area contributed by atoms with Crippen LogP contribution in [0.15, 0.2) is 78.9 Å². The zero-order valence-electron chi connectivity index (χ0n) is 23.5. The number of esters is 1. The van der Waals surface area contributed by atoms with Gasteiger partial charge in [-0.15, -0.1) is 0 Å². The van der Waals surface area contributed by atoms with Crippen molar-refractivity contribution in [1.82, 2.24) is 9.81 Å². The first-order chi connectivity index (χ1) is 18.8. The third kappa shape index (κ3) is 7.09. The minimum atomic E-state index is -3.95. The van der Waals surface area contributed by atoms with Crippen LogP contribution in [0.25, 0.3) is 11.1 Å². The largest absolute Gasteiger partial charge is 0.459 e. The molecule has 1 aliphatic rings. The molecule has 1 aliphatic carbocycles. The smallest absolute Gasteiger partial charge is 0.324 e. The highest BCUT2D eigenvalue weighted by molar-refractivity contribution is 7.89. The van der Waals surface area contributed by atoms with Gasteiger partial charge >= 0.3 is 5.97 Å². The number of rotatable bonds is 11. The lowest BCUT2D eigenvalue weighted by Gasteiger charge is -2.30. The van der Waals surface area contributed by atoms with E-state index in [0.29, 0.717) is 0 Å². The lowest BCUT2D eigenvalue weighted by Crippen LogP contribution is -2.45. The highest BCUT2D eigenvalue weighted by Crippen LogP contribution is 2.48. The number of sulfonamides is 1. The van der Waals surface area contributed by atoms with E-state index in [4.69, 9.17) is 9.26 Å². The zero-order chi connectivity index (χ0) is 29.1. The van der Waals surface area contributed by atoms with E-state index in [1.165, 1.54) is 14.0 Å². The van der Waals surface area contributed by atoms with Crippen molar-refractivity contribution in [3.05, 3.63) is 95.6 Å². The van der Waals surface area contributed by atoms with Gasteiger partial charge in [-0.2, -0.15) is 0 Å². The van der Waals surface area contributed by atoms with Crippen LogP contribution in [-0.2, 0) is 35.1 Å². The van der Waals surface area contributed by atoms with Gasteiger partial charge in [0.25, 0.3) is 7.52 Å². The Labute approximate surface area is 237 Å². The highest BCUT2D eigenvalue weighted by atomic mass is 32.2. The van der Waals surface area contributed by atoms with E-state index < -0.39 is 40.9 Å². The SMILES string of the molecule is COP(=O)(N[C@@H](Cc1ccccc1)C(=O)OC(C)(C)C)[C@H](C)NS(=O)(=O)CC1c2ccccc2-c2ccccc21. The number of ether oxygens (including phenoxy) is 1. The molecule has 0 radical (unpaired) electrons. The predicted molar refractivity (Wildman–Crippen MR) is 158 cm³/mol. The fourth-order valence-corrected chi connectivity index (χ4v) is 8.71. The van der Waals surface area contributed by atoms with E-state index in [0.717, 1.165) is 27.8 Å². The van der Waals surface area contributed by atoms with Gasteiger partial charge in [-0.05, 0) is 61.9 Å². The molecule has 0 aliphatic heterocycles. The summed E-state index contributed by atoms with van der Waals surface area (Å²) in [5.74, 6) is -2.37. The Hall–Kier alpha value is -2.81. The lowest BCUT2D eigenvalue weighted by molar-refractivity contribution is -0.157. The van der Waals surface area contributed by atoms with E-state index in [1.807, 2.05) is 78.9 Å². The van der Waals surface area contributed by atoms with Crippen molar-refractivity contribution in [1.29, 1.82) is 0 Å². The van der Waals surface area contributed by atoms with Crippen LogP contribution in [0.3, 0.4) is 0 Å². The summed E-state index contributed by atoms with van der Waals surface area (Å²) >= 11 is 0. The summed E-state index contributed by atoms with van der Waals surface area (Å²) in [5.41, 5.74) is 3.94. The maximum atomic E-state index is 14.0. The first-order valence-electron chi connectivity index (χ1n) is 13.2. The Morgan fingerprint density at radius 2 is 1.45 bits per heavy atom. The molecular weight excluding hydrogens is 547 g/mol. The van der Waals surface area contributed by atoms with Crippen molar-refractivity contribution in [3.63, 3.8) is 0 Å². The van der Waals surface area contributed by atoms with Crippen molar-refractivity contribution >= 4 is 23.5 Å². The monoisotopic (exact) mass is 584 g/mol. The normalized spacial score (nSPS) is 16.4. The third-order valence-corrected chi connectivity index (χ3v) is 10.8. The zero-order valence-corrected chi connectivity index (χ0v) is 25.2. The van der Waals surface area contributed by atoms with Crippen LogP contribution in [0.4, 0.5) is 0 Å². The Morgan fingerprint density at radius 1 is 0.925 bits per heavy atom. The molecule has 0 saturated heterocycles. The summed E-state index contributed by atoms with van der Waals surface area (Å²) in [6, 6.07) is 23.7. The second-order valence-corrected chi connectivity index (χ2v) is 15.4. The molecule has 0 saturated carbocycles. The maximum absolute atomic E-state index is 14.0. The molecule has 3 aromatic rings. The van der Waals surface area contributed by atoms with Crippen LogP contribution >= 0.6 is 7.52 Å². The van der Waals surface area contributed by atoms with E-state index in [9.17, 15) is 17.8 Å². The van der Waals surface area contributed by atoms with Crippen LogP contribution in [0, 0.1) is 0 Å². The number of benzene rings is 3. The number of hydrogen-bond acceptors (Lipinski definition) is 6. The average molecular weight is 585 g/mol.